The minimum absolute atomic E-state index is 0.0926. The number of nitrogens with one attached hydrogen (secondary N) is 1. The predicted molar refractivity (Wildman–Crippen MR) is 182 cm³/mol. The first-order valence-electron chi connectivity index (χ1n) is 16.5. The number of nitrogens with zero attached hydrogens (tertiary/aromatic N) is 1. The second-order valence-electron chi connectivity index (χ2n) is 11.2. The summed E-state index contributed by atoms with van der Waals surface area (Å²) in [5.41, 5.74) is 7.01. The monoisotopic (exact) mass is 720 g/mol. The highest BCUT2D eigenvalue weighted by Crippen LogP contribution is 2.44. The highest BCUT2D eigenvalue weighted by molar-refractivity contribution is 7.89. The topological polar surface area (TPSA) is 139 Å². The molecule has 4 N–H and O–H groups in total. The van der Waals surface area contributed by atoms with Gasteiger partial charge in [-0.2, -0.15) is 17.5 Å². The molecule has 3 aromatic carbocycles. The van der Waals surface area contributed by atoms with Crippen LogP contribution in [0.2, 0.25) is 0 Å². The van der Waals surface area contributed by atoms with Gasteiger partial charge in [0.15, 0.2) is 5.78 Å². The van der Waals surface area contributed by atoms with Crippen molar-refractivity contribution in [2.75, 3.05) is 19.5 Å². The van der Waals surface area contributed by atoms with Crippen LogP contribution in [0.4, 0.5) is 23.7 Å². The number of rotatable bonds is 14. The van der Waals surface area contributed by atoms with Crippen molar-refractivity contribution in [3.63, 3.8) is 0 Å². The Labute approximate surface area is 291 Å². The van der Waals surface area contributed by atoms with Gasteiger partial charge in [0.1, 0.15) is 6.04 Å². The maximum absolute atomic E-state index is 14.9. The van der Waals surface area contributed by atoms with Crippen LogP contribution >= 0.6 is 11.3 Å². The minimum atomic E-state index is -5.00. The van der Waals surface area contributed by atoms with E-state index < -0.39 is 82.8 Å². The maximum atomic E-state index is 14.9. The van der Waals surface area contributed by atoms with Gasteiger partial charge in [0.05, 0.1) is 30.6 Å². The van der Waals surface area contributed by atoms with Crippen molar-refractivity contribution < 1.29 is 45.1 Å². The molecule has 0 radical (unpaired) electrons. The van der Waals surface area contributed by atoms with Gasteiger partial charge in [-0.25, -0.2) is 13.2 Å². The van der Waals surface area contributed by atoms with Crippen LogP contribution in [0.25, 0.3) is 0 Å². The molecule has 1 heterocycles. The summed E-state index contributed by atoms with van der Waals surface area (Å²) in [6.07, 6.45) is -7.16. The zero-order valence-corrected chi connectivity index (χ0v) is 28.1. The molecule has 4 atom stereocenters. The molecule has 0 saturated carbocycles. The number of alkyl carbamates (subject to hydrolysis) is 1. The van der Waals surface area contributed by atoms with Crippen molar-refractivity contribution in [3.8, 4) is 0 Å². The van der Waals surface area contributed by atoms with Crippen LogP contribution < -0.4 is 11.1 Å². The zero-order chi connectivity index (χ0) is 38.4. The van der Waals surface area contributed by atoms with E-state index in [1.165, 1.54) is 18.2 Å². The van der Waals surface area contributed by atoms with Crippen LogP contribution in [-0.4, -0.2) is 61.7 Å². The zero-order valence-electron chi connectivity index (χ0n) is 29.5. The molecule has 9 nitrogen and oxygen atoms in total. The van der Waals surface area contributed by atoms with Crippen LogP contribution in [-0.2, 0) is 19.6 Å². The van der Waals surface area contributed by atoms with E-state index in [-0.39, 0.29) is 15.5 Å². The van der Waals surface area contributed by atoms with E-state index in [2.05, 4.69) is 5.32 Å². The first kappa shape index (κ1) is 33.3. The Hall–Kier alpha value is -4.24. The summed E-state index contributed by atoms with van der Waals surface area (Å²) in [4.78, 5) is 25.8. The number of carbonyl (C=O) groups excluding carboxylic acids is 2. The van der Waals surface area contributed by atoms with Gasteiger partial charge in [-0.1, -0.05) is 60.7 Å². The largest absolute Gasteiger partial charge is 0.453 e. The van der Waals surface area contributed by atoms with Gasteiger partial charge >= 0.3 is 12.3 Å². The number of alkyl halides is 3. The molecule has 0 fully saturated rings. The van der Waals surface area contributed by atoms with Gasteiger partial charge in [-0.05, 0) is 61.3 Å². The third-order valence-corrected chi connectivity index (χ3v) is 11.2. The number of aliphatic hydroxyl groups is 1. The Kier molecular flexibility index (Phi) is 10.8. The van der Waals surface area contributed by atoms with Gasteiger partial charge in [-0.15, -0.1) is 11.3 Å². The number of nitrogen functional groups attached to an aromatic ring is 1. The highest BCUT2D eigenvalue weighted by Gasteiger charge is 2.46. The van der Waals surface area contributed by atoms with E-state index in [4.69, 9.17) is 14.6 Å². The molecule has 0 saturated heterocycles. The summed E-state index contributed by atoms with van der Waals surface area (Å²) in [5.74, 6) is -4.30. The highest BCUT2D eigenvalue weighted by atomic mass is 32.2. The summed E-state index contributed by atoms with van der Waals surface area (Å²) >= 11 is 0.490. The lowest BCUT2D eigenvalue weighted by atomic mass is 9.81. The molecule has 49 heavy (non-hydrogen) atoms. The van der Waals surface area contributed by atoms with E-state index in [1.54, 1.807) is 60.7 Å². The smallest absolute Gasteiger partial charge is 0.407 e. The van der Waals surface area contributed by atoms with E-state index in [0.717, 1.165) is 32.2 Å². The van der Waals surface area contributed by atoms with Crippen molar-refractivity contribution in [3.05, 3.63) is 118 Å². The fourth-order valence-electron chi connectivity index (χ4n) is 5.58. The molecule has 1 aromatic heterocycles. The number of Topliss-reactive ketones (excluding diaryl/α,β-unsaturated/α-hetero) is 1. The Morgan fingerprint density at radius 1 is 0.959 bits per heavy atom. The number of hydrogen-bond acceptors (Lipinski definition) is 8. The van der Waals surface area contributed by atoms with E-state index in [1.807, 2.05) is 0 Å². The lowest BCUT2D eigenvalue weighted by Crippen LogP contribution is -2.46. The minimum Gasteiger partial charge on any atom is -0.453 e. The number of halogens is 3. The number of nitrogens with two attached hydrogens (primary N) is 1. The lowest BCUT2D eigenvalue weighted by molar-refractivity contribution is -0.156. The number of benzene rings is 3. The SMILES string of the molecule is [2H]C([2H])([2H])C(C)N([C@H](CO)c1ccc([C@@H](CC(=O)[C@@H](NC(=O)OC)C(c2ccccc2)c2ccccc2)C(F)(F)F)s1)S(=O)(=O)c1ccc(N)cc1. The average molecular weight is 721 g/mol. The first-order chi connectivity index (χ1) is 24.4. The number of hydrogen-bond donors (Lipinski definition) is 3. The number of thiophene rings is 1. The number of amides is 1. The Balaban J connectivity index is 1.77. The second kappa shape index (κ2) is 16.0. The summed E-state index contributed by atoms with van der Waals surface area (Å²) in [7, 11) is -3.61. The molecule has 4 rings (SSSR count). The molecule has 0 aliphatic carbocycles. The molecule has 14 heteroatoms. The van der Waals surface area contributed by atoms with Crippen molar-refractivity contribution in [1.29, 1.82) is 0 Å². The van der Waals surface area contributed by atoms with Crippen LogP contribution in [0.3, 0.4) is 0 Å². The standard InChI is InChI=1S/C35H38F3N3O6S2/c1-22(2)41(49(45,46)26-16-14-25(39)15-17-26)28(21-42)31-19-18-30(48-31)27(35(36,37)38)20-29(43)33(40-34(44)47-3)32(23-10-6-4-7-11-23)24-12-8-5-9-13-24/h4-19,22,27-28,32-33,42H,20-21,39H2,1-3H3,(H,40,44)/t27-,28-,33-/m1/s1/i1D3/t22?,27-,28-,33-. The molecule has 0 spiro atoms. The Morgan fingerprint density at radius 3 is 2.00 bits per heavy atom. The maximum Gasteiger partial charge on any atom is 0.407 e. The molecule has 0 bridgehead atoms. The van der Waals surface area contributed by atoms with Gasteiger partial charge in [0, 0.05) is 37.9 Å². The number of methoxy groups -OCH3 is 1. The average Bonchev–Trinajstić information content (AvgIpc) is 3.58. The molecular weight excluding hydrogens is 680 g/mol. The summed E-state index contributed by atoms with van der Waals surface area (Å²) in [6, 6.07) is 19.2. The molecule has 1 unspecified atom stereocenters. The molecule has 0 aliphatic heterocycles. The molecule has 4 aromatic rings. The third kappa shape index (κ3) is 8.87. The lowest BCUT2D eigenvalue weighted by Gasteiger charge is -2.32. The van der Waals surface area contributed by atoms with Crippen molar-refractivity contribution in [2.24, 2.45) is 0 Å². The normalized spacial score (nSPS) is 15.8. The van der Waals surface area contributed by atoms with Gasteiger partial charge in [-0.3, -0.25) is 4.79 Å². The van der Waals surface area contributed by atoms with Crippen LogP contribution in [0, 0.1) is 0 Å². The van der Waals surface area contributed by atoms with Crippen LogP contribution in [0.15, 0.2) is 102 Å². The molecule has 262 valence electrons. The van der Waals surface area contributed by atoms with Crippen LogP contribution in [0.1, 0.15) is 63.1 Å². The van der Waals surface area contributed by atoms with Gasteiger partial charge in [0.2, 0.25) is 10.0 Å². The van der Waals surface area contributed by atoms with Crippen molar-refractivity contribution >= 4 is 38.9 Å². The van der Waals surface area contributed by atoms with Crippen LogP contribution in [0.5, 0.6) is 0 Å². The van der Waals surface area contributed by atoms with Gasteiger partial charge in [0.25, 0.3) is 0 Å². The Morgan fingerprint density at radius 2 is 1.51 bits per heavy atom. The van der Waals surface area contributed by atoms with E-state index in [9.17, 15) is 36.3 Å². The summed E-state index contributed by atoms with van der Waals surface area (Å²) in [5, 5.41) is 12.9. The summed E-state index contributed by atoms with van der Waals surface area (Å²) in [6.45, 7) is -2.77. The van der Waals surface area contributed by atoms with E-state index >= 15 is 0 Å². The first-order valence-corrected chi connectivity index (χ1v) is 17.3. The number of ether oxygens (including phenoxy) is 1. The molecule has 0 aliphatic rings. The number of sulfonamides is 1. The second-order valence-corrected chi connectivity index (χ2v) is 14.2. The number of ketones is 1. The van der Waals surface area contributed by atoms with Gasteiger partial charge < -0.3 is 20.9 Å². The number of anilines is 1. The molecular formula is C35H38F3N3O6S2. The van der Waals surface area contributed by atoms with Crippen molar-refractivity contribution in [1.82, 2.24) is 9.62 Å². The fourth-order valence-corrected chi connectivity index (χ4v) is 8.53. The Bertz CT molecular complexity index is 1870. The van der Waals surface area contributed by atoms with Crippen molar-refractivity contribution in [2.45, 2.75) is 61.2 Å². The third-order valence-electron chi connectivity index (χ3n) is 7.89. The summed E-state index contributed by atoms with van der Waals surface area (Å²) < 4.78 is 102. The quantitative estimate of drug-likeness (QED) is 0.124. The fraction of sp³-hybridized carbons (Fsp3) is 0.314. The van der Waals surface area contributed by atoms with E-state index in [0.29, 0.717) is 26.8 Å². The number of aliphatic hydroxyl groups excluding tert-OH is 1. The predicted octanol–water partition coefficient (Wildman–Crippen LogP) is 6.62. The number of carbonyl (C=O) groups is 2. The molecule has 1 amide bonds.